The van der Waals surface area contributed by atoms with Gasteiger partial charge in [0.05, 0.1) is 5.41 Å². The van der Waals surface area contributed by atoms with Crippen molar-refractivity contribution < 1.29 is 13.2 Å². The smallest absolute Gasteiger partial charge is 0.171 e. The van der Waals surface area contributed by atoms with E-state index >= 15 is 0 Å². The van der Waals surface area contributed by atoms with E-state index in [-0.39, 0.29) is 5.41 Å². The molecule has 0 N–H and O–H groups in total. The van der Waals surface area contributed by atoms with E-state index < -0.39 is 16.8 Å². The molecule has 0 spiro atoms. The zero-order valence-electron chi connectivity index (χ0n) is 11.5. The number of halogens is 3. The van der Waals surface area contributed by atoms with Gasteiger partial charge in [0.25, 0.3) is 0 Å². The van der Waals surface area contributed by atoms with Gasteiger partial charge in [-0.25, -0.2) is 0 Å². The second-order valence-electron chi connectivity index (χ2n) is 6.38. The van der Waals surface area contributed by atoms with E-state index in [0.717, 1.165) is 12.8 Å². The molecule has 5 heteroatoms. The van der Waals surface area contributed by atoms with E-state index in [1.54, 1.807) is 15.7 Å². The second-order valence-corrected chi connectivity index (χ2v) is 6.38. The summed E-state index contributed by atoms with van der Waals surface area (Å²) in [5, 5.41) is -0.797. The molecule has 0 fully saturated rings. The summed E-state index contributed by atoms with van der Waals surface area (Å²) in [7, 11) is 3.46. The summed E-state index contributed by atoms with van der Waals surface area (Å²) in [6.45, 7) is 8.50. The molecule has 0 aliphatic carbocycles. The Morgan fingerprint density at radius 2 is 1.31 bits per heavy atom. The molecule has 94 valence electrons. The Hall–Kier alpha value is -0.0801. The van der Waals surface area contributed by atoms with E-state index in [0.29, 0.717) is 0 Å². The molecule has 16 heavy (non-hydrogen) atoms. The minimum atomic E-state index is -4.17. The molecule has 0 heterocycles. The molecule has 0 aliphatic heterocycles. The van der Waals surface area contributed by atoms with Gasteiger partial charge < -0.3 is 0 Å². The molecule has 0 amide bonds. The van der Waals surface area contributed by atoms with Crippen molar-refractivity contribution in [2.45, 2.75) is 58.9 Å². The van der Waals surface area contributed by atoms with Crippen LogP contribution in [0.2, 0.25) is 5.21 Å². The Kier molecular flexibility index (Phi) is 4.28. The standard InChI is InChI=1S/C11H23B2F3/c1-6-7-8(2,3)10(12,13)9(4,5)11(14,15)16/h6-7,12-13H2,1-5H3. The highest BCUT2D eigenvalue weighted by molar-refractivity contribution is 6.41. The first-order valence-electron chi connectivity index (χ1n) is 5.88. The average Bonchev–Trinajstić information content (AvgIpc) is 2.01. The van der Waals surface area contributed by atoms with Crippen LogP contribution in [0.1, 0.15) is 47.5 Å². The summed E-state index contributed by atoms with van der Waals surface area (Å²) in [6.07, 6.45) is -2.45. The lowest BCUT2D eigenvalue weighted by atomic mass is 9.33. The lowest BCUT2D eigenvalue weighted by Crippen LogP contribution is -2.51. The van der Waals surface area contributed by atoms with Gasteiger partial charge in [0.2, 0.25) is 0 Å². The molecule has 0 aromatic rings. The monoisotopic (exact) mass is 234 g/mol. The molecule has 0 aliphatic rings. The predicted octanol–water partition coefficient (Wildman–Crippen LogP) is 2.78. The number of rotatable bonds is 4. The van der Waals surface area contributed by atoms with Crippen molar-refractivity contribution in [3.05, 3.63) is 0 Å². The van der Waals surface area contributed by atoms with Crippen LogP contribution in [0.4, 0.5) is 13.2 Å². The topological polar surface area (TPSA) is 0 Å². The van der Waals surface area contributed by atoms with E-state index in [1.807, 2.05) is 20.8 Å². The lowest BCUT2D eigenvalue weighted by Gasteiger charge is -2.53. The SMILES string of the molecule is BC(B)(C(C)(C)CCC)C(C)(C)C(F)(F)F. The van der Waals surface area contributed by atoms with Gasteiger partial charge in [0, 0.05) is 0 Å². The van der Waals surface area contributed by atoms with Crippen LogP contribution in [0.15, 0.2) is 0 Å². The van der Waals surface area contributed by atoms with Crippen molar-refractivity contribution >= 4 is 15.7 Å². The zero-order chi connectivity index (χ0) is 13.4. The fourth-order valence-corrected chi connectivity index (χ4v) is 2.14. The summed E-state index contributed by atoms with van der Waals surface area (Å²) >= 11 is 0. The van der Waals surface area contributed by atoms with Gasteiger partial charge >= 0.3 is 6.18 Å². The first kappa shape index (κ1) is 15.9. The van der Waals surface area contributed by atoms with Gasteiger partial charge in [-0.1, -0.05) is 46.3 Å². The van der Waals surface area contributed by atoms with Crippen LogP contribution in [0, 0.1) is 10.8 Å². The van der Waals surface area contributed by atoms with Gasteiger partial charge in [-0.3, -0.25) is 0 Å². The molecular formula is C11H23B2F3. The van der Waals surface area contributed by atoms with E-state index in [1.165, 1.54) is 13.8 Å². The summed E-state index contributed by atoms with van der Waals surface area (Å²) < 4.78 is 39.3. The molecule has 0 unspecified atom stereocenters. The first-order chi connectivity index (χ1) is 6.81. The van der Waals surface area contributed by atoms with Crippen LogP contribution in [-0.2, 0) is 0 Å². The van der Waals surface area contributed by atoms with Gasteiger partial charge in [0.1, 0.15) is 15.7 Å². The number of hydrogen-bond donors (Lipinski definition) is 0. The maximum Gasteiger partial charge on any atom is 0.393 e. The van der Waals surface area contributed by atoms with E-state index in [4.69, 9.17) is 0 Å². The highest BCUT2D eigenvalue weighted by Crippen LogP contribution is 2.61. The maximum absolute atomic E-state index is 13.1. The molecule has 0 radical (unpaired) electrons. The van der Waals surface area contributed by atoms with Crippen molar-refractivity contribution in [1.82, 2.24) is 0 Å². The van der Waals surface area contributed by atoms with Crippen LogP contribution < -0.4 is 0 Å². The zero-order valence-corrected chi connectivity index (χ0v) is 11.5. The summed E-state index contributed by atoms with van der Waals surface area (Å²) in [5.41, 5.74) is -2.01. The third kappa shape index (κ3) is 2.43. The Morgan fingerprint density at radius 1 is 0.938 bits per heavy atom. The summed E-state index contributed by atoms with van der Waals surface area (Å²) in [5.74, 6) is 0. The Balaban J connectivity index is 5.34. The third-order valence-corrected chi connectivity index (χ3v) is 4.84. The minimum absolute atomic E-state index is 0.333. The molecule has 0 atom stereocenters. The van der Waals surface area contributed by atoms with Crippen LogP contribution >= 0.6 is 0 Å². The summed E-state index contributed by atoms with van der Waals surface area (Å²) in [4.78, 5) is 0. The van der Waals surface area contributed by atoms with E-state index in [2.05, 4.69) is 0 Å². The highest BCUT2D eigenvalue weighted by Gasteiger charge is 2.60. The molecule has 0 bridgehead atoms. The van der Waals surface area contributed by atoms with Crippen LogP contribution in [0.25, 0.3) is 0 Å². The normalized spacial score (nSPS) is 15.2. The van der Waals surface area contributed by atoms with Crippen molar-refractivity contribution in [2.75, 3.05) is 0 Å². The number of alkyl halides is 3. The lowest BCUT2D eigenvalue weighted by molar-refractivity contribution is -0.226. The third-order valence-electron chi connectivity index (χ3n) is 4.84. The second kappa shape index (κ2) is 4.30. The minimum Gasteiger partial charge on any atom is -0.171 e. The van der Waals surface area contributed by atoms with Crippen molar-refractivity contribution in [3.8, 4) is 0 Å². The maximum atomic E-state index is 13.1. The first-order valence-corrected chi connectivity index (χ1v) is 5.88. The molecule has 0 aromatic heterocycles. The van der Waals surface area contributed by atoms with E-state index in [9.17, 15) is 13.2 Å². The molecule has 0 aromatic carbocycles. The van der Waals surface area contributed by atoms with Gasteiger partial charge in [0.15, 0.2) is 0 Å². The fourth-order valence-electron chi connectivity index (χ4n) is 2.14. The van der Waals surface area contributed by atoms with Crippen LogP contribution in [0.3, 0.4) is 0 Å². The Morgan fingerprint density at radius 3 is 1.56 bits per heavy atom. The molecular weight excluding hydrogens is 211 g/mol. The highest BCUT2D eigenvalue weighted by atomic mass is 19.4. The van der Waals surface area contributed by atoms with Gasteiger partial charge in [-0.2, -0.15) is 13.2 Å². The Labute approximate surface area is 99.2 Å². The van der Waals surface area contributed by atoms with Crippen molar-refractivity contribution in [3.63, 3.8) is 0 Å². The van der Waals surface area contributed by atoms with Crippen molar-refractivity contribution in [1.29, 1.82) is 0 Å². The molecule has 0 saturated carbocycles. The fraction of sp³-hybridized carbons (Fsp3) is 1.00. The molecule has 0 nitrogen and oxygen atoms in total. The summed E-state index contributed by atoms with van der Waals surface area (Å²) in [6, 6.07) is 0. The van der Waals surface area contributed by atoms with Crippen LogP contribution in [0.5, 0.6) is 0 Å². The largest absolute Gasteiger partial charge is 0.393 e. The van der Waals surface area contributed by atoms with Crippen molar-refractivity contribution in [2.24, 2.45) is 10.8 Å². The van der Waals surface area contributed by atoms with Gasteiger partial charge in [-0.05, 0) is 11.8 Å². The quantitative estimate of drug-likeness (QED) is 0.656. The molecule has 0 rings (SSSR count). The molecule has 0 saturated heterocycles. The number of hydrogen-bond acceptors (Lipinski definition) is 0. The Bertz CT molecular complexity index is 242. The van der Waals surface area contributed by atoms with Gasteiger partial charge in [-0.15, -0.1) is 0 Å². The average molecular weight is 234 g/mol. The van der Waals surface area contributed by atoms with Crippen LogP contribution in [-0.4, -0.2) is 21.9 Å². The predicted molar refractivity (Wildman–Crippen MR) is 68.3 cm³/mol.